The zero-order valence-electron chi connectivity index (χ0n) is 14.7. The summed E-state index contributed by atoms with van der Waals surface area (Å²) < 4.78 is 28.0. The molecule has 0 spiro atoms. The monoisotopic (exact) mass is 404 g/mol. The molecule has 1 fully saturated rings. The van der Waals surface area contributed by atoms with Gasteiger partial charge in [0.1, 0.15) is 11.4 Å². The fourth-order valence-corrected chi connectivity index (χ4v) is 3.51. The summed E-state index contributed by atoms with van der Waals surface area (Å²) in [7, 11) is 0. The molecular formula is C19H15ClF2N4O2. The highest BCUT2D eigenvalue weighted by Crippen LogP contribution is 2.31. The Labute approximate surface area is 163 Å². The molecular weight excluding hydrogens is 390 g/mol. The highest BCUT2D eigenvalue weighted by atomic mass is 35.5. The van der Waals surface area contributed by atoms with Crippen molar-refractivity contribution in [1.82, 2.24) is 19.8 Å². The molecule has 1 saturated heterocycles. The number of amides is 3. The molecule has 0 saturated carbocycles. The maximum Gasteiger partial charge on any atom is 0.325 e. The van der Waals surface area contributed by atoms with Gasteiger partial charge in [0.2, 0.25) is 0 Å². The van der Waals surface area contributed by atoms with E-state index in [1.54, 1.807) is 49.4 Å². The number of imide groups is 1. The number of hydrogen-bond acceptors (Lipinski definition) is 3. The lowest BCUT2D eigenvalue weighted by Gasteiger charge is -2.22. The number of carbonyl (C=O) groups is 2. The van der Waals surface area contributed by atoms with Crippen molar-refractivity contribution in [3.8, 4) is 0 Å². The second kappa shape index (κ2) is 6.56. The van der Waals surface area contributed by atoms with Gasteiger partial charge in [-0.1, -0.05) is 35.9 Å². The van der Waals surface area contributed by atoms with E-state index < -0.39 is 24.0 Å². The summed E-state index contributed by atoms with van der Waals surface area (Å²) in [5, 5.41) is 3.13. The van der Waals surface area contributed by atoms with Gasteiger partial charge in [-0.05, 0) is 36.8 Å². The van der Waals surface area contributed by atoms with Gasteiger partial charge in [0.15, 0.2) is 0 Å². The fraction of sp³-hybridized carbons (Fsp3) is 0.211. The van der Waals surface area contributed by atoms with Gasteiger partial charge in [-0.3, -0.25) is 14.3 Å². The molecule has 2 heterocycles. The van der Waals surface area contributed by atoms with E-state index in [0.717, 1.165) is 9.47 Å². The summed E-state index contributed by atoms with van der Waals surface area (Å²) in [6.07, 6.45) is 0. The molecule has 0 aliphatic carbocycles. The third-order valence-corrected chi connectivity index (χ3v) is 5.11. The lowest BCUT2D eigenvalue weighted by molar-refractivity contribution is -0.131. The standard InChI is InChI=1S/C19H15ClF2N4O2/c1-19(11-6-8-12(20)9-7-11)16(27)25(18(28)24-19)10-15-23-13-4-2-3-5-14(13)26(15)17(21)22/h2-9,17H,10H2,1H3,(H,24,28). The molecule has 6 nitrogen and oxygen atoms in total. The van der Waals surface area contributed by atoms with Crippen molar-refractivity contribution in [1.29, 1.82) is 0 Å². The number of halogens is 3. The molecule has 1 atom stereocenters. The SMILES string of the molecule is CC1(c2ccc(Cl)cc2)NC(=O)N(Cc2nc3ccccc3n2C(F)F)C1=O. The van der Waals surface area contributed by atoms with Crippen LogP contribution < -0.4 is 5.32 Å². The van der Waals surface area contributed by atoms with Gasteiger partial charge in [0.05, 0.1) is 17.6 Å². The number of rotatable bonds is 4. The molecule has 3 amide bonds. The van der Waals surface area contributed by atoms with E-state index in [1.165, 1.54) is 6.07 Å². The van der Waals surface area contributed by atoms with Crippen LogP contribution in [0.3, 0.4) is 0 Å². The summed E-state index contributed by atoms with van der Waals surface area (Å²) in [5.74, 6) is -0.618. The Balaban J connectivity index is 1.70. The number of alkyl halides is 2. The predicted molar refractivity (Wildman–Crippen MR) is 98.9 cm³/mol. The molecule has 28 heavy (non-hydrogen) atoms. The third kappa shape index (κ3) is 2.80. The molecule has 144 valence electrons. The maximum atomic E-state index is 13.6. The molecule has 0 radical (unpaired) electrons. The van der Waals surface area contributed by atoms with Crippen LogP contribution in [0.2, 0.25) is 5.02 Å². The van der Waals surface area contributed by atoms with Gasteiger partial charge in [-0.15, -0.1) is 0 Å². The minimum atomic E-state index is -2.86. The summed E-state index contributed by atoms with van der Waals surface area (Å²) >= 11 is 5.89. The largest absolute Gasteiger partial charge is 0.325 e. The van der Waals surface area contributed by atoms with E-state index in [2.05, 4.69) is 10.3 Å². The van der Waals surface area contributed by atoms with Gasteiger partial charge in [0, 0.05) is 5.02 Å². The zero-order valence-corrected chi connectivity index (χ0v) is 15.5. The fourth-order valence-electron chi connectivity index (χ4n) is 3.38. The number of aromatic nitrogens is 2. The van der Waals surface area contributed by atoms with Crippen LogP contribution >= 0.6 is 11.6 Å². The quantitative estimate of drug-likeness (QED) is 0.667. The molecule has 2 aromatic carbocycles. The van der Waals surface area contributed by atoms with Crippen molar-refractivity contribution in [2.75, 3.05) is 0 Å². The molecule has 1 aromatic heterocycles. The Hall–Kier alpha value is -3.00. The number of para-hydroxylation sites is 2. The minimum absolute atomic E-state index is 0.0694. The van der Waals surface area contributed by atoms with Crippen LogP contribution in [0, 0.1) is 0 Å². The average Bonchev–Trinajstić information content (AvgIpc) is 3.13. The summed E-state index contributed by atoms with van der Waals surface area (Å²) in [6, 6.07) is 12.2. The van der Waals surface area contributed by atoms with Crippen molar-refractivity contribution in [3.63, 3.8) is 0 Å². The van der Waals surface area contributed by atoms with Crippen molar-refractivity contribution in [2.45, 2.75) is 25.6 Å². The topological polar surface area (TPSA) is 67.2 Å². The molecule has 1 aliphatic rings. The average molecular weight is 405 g/mol. The van der Waals surface area contributed by atoms with Crippen LogP contribution in [-0.2, 0) is 16.9 Å². The number of hydrogen-bond donors (Lipinski definition) is 1. The second-order valence-corrected chi connectivity index (χ2v) is 7.05. The van der Waals surface area contributed by atoms with E-state index in [1.807, 2.05) is 0 Å². The molecule has 1 unspecified atom stereocenters. The van der Waals surface area contributed by atoms with Crippen LogP contribution in [0.5, 0.6) is 0 Å². The first kappa shape index (κ1) is 18.4. The lowest BCUT2D eigenvalue weighted by atomic mass is 9.92. The number of nitrogens with zero attached hydrogens (tertiary/aromatic N) is 3. The van der Waals surface area contributed by atoms with Crippen LogP contribution in [0.25, 0.3) is 11.0 Å². The number of urea groups is 1. The number of carbonyl (C=O) groups excluding carboxylic acids is 2. The first-order valence-corrected chi connectivity index (χ1v) is 8.83. The Morgan fingerprint density at radius 2 is 1.82 bits per heavy atom. The molecule has 1 N–H and O–H groups in total. The Morgan fingerprint density at radius 1 is 1.14 bits per heavy atom. The van der Waals surface area contributed by atoms with Crippen molar-refractivity contribution in [3.05, 3.63) is 64.9 Å². The van der Waals surface area contributed by atoms with E-state index in [-0.39, 0.29) is 17.9 Å². The van der Waals surface area contributed by atoms with Crippen molar-refractivity contribution < 1.29 is 18.4 Å². The van der Waals surface area contributed by atoms with Gasteiger partial charge < -0.3 is 5.32 Å². The second-order valence-electron chi connectivity index (χ2n) is 6.62. The van der Waals surface area contributed by atoms with Crippen LogP contribution in [0.15, 0.2) is 48.5 Å². The first-order chi connectivity index (χ1) is 13.3. The minimum Gasteiger partial charge on any atom is -0.319 e. The van der Waals surface area contributed by atoms with Gasteiger partial charge >= 0.3 is 12.6 Å². The van der Waals surface area contributed by atoms with Crippen LogP contribution in [0.4, 0.5) is 13.6 Å². The maximum absolute atomic E-state index is 13.6. The third-order valence-electron chi connectivity index (χ3n) is 4.86. The van der Waals surface area contributed by atoms with Gasteiger partial charge in [0.25, 0.3) is 5.91 Å². The number of fused-ring (bicyclic) bond motifs is 1. The highest BCUT2D eigenvalue weighted by Gasteiger charge is 2.49. The lowest BCUT2D eigenvalue weighted by Crippen LogP contribution is -2.40. The zero-order chi connectivity index (χ0) is 20.1. The van der Waals surface area contributed by atoms with Crippen molar-refractivity contribution >= 4 is 34.6 Å². The van der Waals surface area contributed by atoms with Gasteiger partial charge in [-0.2, -0.15) is 8.78 Å². The Bertz CT molecular complexity index is 1080. The Kier molecular flexibility index (Phi) is 4.30. The summed E-state index contributed by atoms with van der Waals surface area (Å²) in [5.41, 5.74) is -0.172. The van der Waals surface area contributed by atoms with E-state index >= 15 is 0 Å². The number of nitrogens with one attached hydrogen (secondary N) is 1. The van der Waals surface area contributed by atoms with E-state index in [9.17, 15) is 18.4 Å². The van der Waals surface area contributed by atoms with Crippen LogP contribution in [-0.4, -0.2) is 26.4 Å². The summed E-state index contributed by atoms with van der Waals surface area (Å²) in [4.78, 5) is 30.6. The number of imidazole rings is 1. The van der Waals surface area contributed by atoms with Crippen molar-refractivity contribution in [2.24, 2.45) is 0 Å². The molecule has 1 aliphatic heterocycles. The predicted octanol–water partition coefficient (Wildman–Crippen LogP) is 4.05. The van der Waals surface area contributed by atoms with E-state index in [4.69, 9.17) is 11.6 Å². The normalized spacial score (nSPS) is 19.7. The van der Waals surface area contributed by atoms with Gasteiger partial charge in [-0.25, -0.2) is 9.78 Å². The van der Waals surface area contributed by atoms with E-state index in [0.29, 0.717) is 16.1 Å². The summed E-state index contributed by atoms with van der Waals surface area (Å²) in [6.45, 7) is -1.66. The first-order valence-electron chi connectivity index (χ1n) is 8.45. The smallest absolute Gasteiger partial charge is 0.319 e. The number of benzene rings is 2. The molecule has 0 bridgehead atoms. The Morgan fingerprint density at radius 3 is 2.50 bits per heavy atom. The molecule has 9 heteroatoms. The molecule has 4 rings (SSSR count). The highest BCUT2D eigenvalue weighted by molar-refractivity contribution is 6.30. The molecule has 3 aromatic rings. The van der Waals surface area contributed by atoms with Crippen LogP contribution in [0.1, 0.15) is 24.9 Å².